The van der Waals surface area contributed by atoms with Crippen LogP contribution in [0.1, 0.15) is 27.0 Å². The molecule has 0 aliphatic rings. The van der Waals surface area contributed by atoms with Gasteiger partial charge in [0, 0.05) is 11.4 Å². The Morgan fingerprint density at radius 3 is 1.94 bits per heavy atom. The molecule has 8 heteroatoms. The van der Waals surface area contributed by atoms with Crippen LogP contribution in [0.25, 0.3) is 0 Å². The van der Waals surface area contributed by atoms with Crippen LogP contribution in [0.2, 0.25) is 0 Å². The molecule has 0 aliphatic heterocycles. The van der Waals surface area contributed by atoms with Gasteiger partial charge in [-0.15, -0.1) is 11.6 Å². The van der Waals surface area contributed by atoms with Gasteiger partial charge in [-0.2, -0.15) is 26.3 Å². The number of alkyl halides is 7. The lowest BCUT2D eigenvalue weighted by atomic mass is 9.98. The summed E-state index contributed by atoms with van der Waals surface area (Å²) in [6.07, 6.45) is -10.1. The Balaban J connectivity index is 3.60. The van der Waals surface area contributed by atoms with Crippen LogP contribution in [-0.2, 0) is 18.2 Å². The quantitative estimate of drug-likeness (QED) is 0.451. The molecule has 0 atom stereocenters. The first-order valence-corrected chi connectivity index (χ1v) is 4.97. The van der Waals surface area contributed by atoms with Crippen LogP contribution in [0.4, 0.5) is 26.3 Å². The highest BCUT2D eigenvalue weighted by molar-refractivity contribution is 6.17. The first-order chi connectivity index (χ1) is 8.11. The minimum atomic E-state index is -4.94. The van der Waals surface area contributed by atoms with Gasteiger partial charge in [0.2, 0.25) is 0 Å². The minimum Gasteiger partial charge on any atom is -0.298 e. The van der Waals surface area contributed by atoms with E-state index in [1.165, 1.54) is 0 Å². The summed E-state index contributed by atoms with van der Waals surface area (Å²) in [6, 6.07) is 0.453. The third-order valence-corrected chi connectivity index (χ3v) is 2.42. The molecule has 0 unspecified atom stereocenters. The maximum Gasteiger partial charge on any atom is 0.417 e. The van der Waals surface area contributed by atoms with Gasteiger partial charge in [-0.25, -0.2) is 0 Å². The molecule has 1 nitrogen and oxygen atoms in total. The SMILES string of the molecule is O=Cc1cc(C(F)(F)F)cc(CCl)c1C(F)(F)F. The van der Waals surface area contributed by atoms with Gasteiger partial charge in [-0.05, 0) is 17.7 Å². The highest BCUT2D eigenvalue weighted by atomic mass is 35.5. The molecule has 0 N–H and O–H groups in total. The lowest BCUT2D eigenvalue weighted by Gasteiger charge is -2.16. The molecule has 0 radical (unpaired) electrons. The van der Waals surface area contributed by atoms with Gasteiger partial charge < -0.3 is 0 Å². The number of carbonyl (C=O) groups is 1. The van der Waals surface area contributed by atoms with Gasteiger partial charge in [0.1, 0.15) is 0 Å². The summed E-state index contributed by atoms with van der Waals surface area (Å²) in [6.45, 7) is 0. The van der Waals surface area contributed by atoms with Crippen molar-refractivity contribution >= 4 is 17.9 Å². The molecule has 0 bridgehead atoms. The van der Waals surface area contributed by atoms with Crippen LogP contribution in [0.15, 0.2) is 12.1 Å². The summed E-state index contributed by atoms with van der Waals surface area (Å²) >= 11 is 5.21. The van der Waals surface area contributed by atoms with Crippen molar-refractivity contribution in [3.05, 3.63) is 34.4 Å². The molecule has 0 saturated carbocycles. The number of halogens is 7. The van der Waals surface area contributed by atoms with Crippen LogP contribution >= 0.6 is 11.6 Å². The molecule has 1 aromatic rings. The van der Waals surface area contributed by atoms with E-state index in [2.05, 4.69) is 0 Å². The van der Waals surface area contributed by atoms with E-state index in [1.807, 2.05) is 0 Å². The first-order valence-electron chi connectivity index (χ1n) is 4.43. The van der Waals surface area contributed by atoms with Crippen molar-refractivity contribution in [1.82, 2.24) is 0 Å². The lowest BCUT2D eigenvalue weighted by molar-refractivity contribution is -0.141. The Morgan fingerprint density at radius 2 is 1.61 bits per heavy atom. The van der Waals surface area contributed by atoms with Crippen molar-refractivity contribution in [2.75, 3.05) is 0 Å². The molecule has 1 aromatic carbocycles. The van der Waals surface area contributed by atoms with E-state index in [9.17, 15) is 31.1 Å². The number of aldehydes is 1. The summed E-state index contributed by atoms with van der Waals surface area (Å²) in [5, 5.41) is 0. The number of benzene rings is 1. The normalized spacial score (nSPS) is 12.6. The van der Waals surface area contributed by atoms with Crippen molar-refractivity contribution < 1.29 is 31.1 Å². The van der Waals surface area contributed by atoms with Gasteiger partial charge in [0.15, 0.2) is 6.29 Å². The Morgan fingerprint density at radius 1 is 1.06 bits per heavy atom. The lowest BCUT2D eigenvalue weighted by Crippen LogP contribution is -2.15. The monoisotopic (exact) mass is 290 g/mol. The van der Waals surface area contributed by atoms with Gasteiger partial charge in [-0.1, -0.05) is 0 Å². The second-order valence-corrected chi connectivity index (χ2v) is 3.61. The molecular weight excluding hydrogens is 286 g/mol. The molecule has 0 saturated heterocycles. The molecule has 0 aliphatic carbocycles. The van der Waals surface area contributed by atoms with Crippen molar-refractivity contribution in [3.8, 4) is 0 Å². The number of hydrogen-bond donors (Lipinski definition) is 0. The van der Waals surface area contributed by atoms with Gasteiger partial charge in [0.05, 0.1) is 11.1 Å². The van der Waals surface area contributed by atoms with Crippen LogP contribution in [0.3, 0.4) is 0 Å². The predicted molar refractivity (Wildman–Crippen MR) is 51.4 cm³/mol. The average Bonchev–Trinajstić information content (AvgIpc) is 2.24. The molecule has 0 amide bonds. The molecule has 100 valence electrons. The highest BCUT2D eigenvalue weighted by Gasteiger charge is 2.39. The molecule has 0 aromatic heterocycles. The number of hydrogen-bond acceptors (Lipinski definition) is 1. The van der Waals surface area contributed by atoms with Gasteiger partial charge in [0.25, 0.3) is 0 Å². The second-order valence-electron chi connectivity index (χ2n) is 3.35. The average molecular weight is 291 g/mol. The maximum atomic E-state index is 12.6. The highest BCUT2D eigenvalue weighted by Crippen LogP contribution is 2.39. The van der Waals surface area contributed by atoms with Crippen molar-refractivity contribution in [3.63, 3.8) is 0 Å². The fraction of sp³-hybridized carbons (Fsp3) is 0.300. The summed E-state index contributed by atoms with van der Waals surface area (Å²) in [5.41, 5.74) is -4.62. The van der Waals surface area contributed by atoms with Gasteiger partial charge in [-0.3, -0.25) is 4.79 Å². The van der Waals surface area contributed by atoms with Crippen LogP contribution in [0.5, 0.6) is 0 Å². The zero-order valence-electron chi connectivity index (χ0n) is 8.49. The molecule has 1 rings (SSSR count). The Labute approximate surface area is 102 Å². The maximum absolute atomic E-state index is 12.6. The molecular formula is C10H5ClF6O. The summed E-state index contributed by atoms with van der Waals surface area (Å²) in [4.78, 5) is 10.5. The number of carbonyl (C=O) groups excluding carboxylic acids is 1. The van der Waals surface area contributed by atoms with Crippen molar-refractivity contribution in [1.29, 1.82) is 0 Å². The minimum absolute atomic E-state index is 0.159. The van der Waals surface area contributed by atoms with Crippen molar-refractivity contribution in [2.24, 2.45) is 0 Å². The van der Waals surface area contributed by atoms with Crippen molar-refractivity contribution in [2.45, 2.75) is 18.2 Å². The standard InChI is InChI=1S/C10H5ClF6O/c11-3-5-1-7(9(12,13)14)2-6(4-18)8(5)10(15,16)17/h1-2,4H,3H2. The van der Waals surface area contributed by atoms with Crippen LogP contribution < -0.4 is 0 Å². The fourth-order valence-corrected chi connectivity index (χ4v) is 1.65. The summed E-state index contributed by atoms with van der Waals surface area (Å²) < 4.78 is 75.1. The number of rotatable bonds is 2. The Bertz CT molecular complexity index is 463. The second kappa shape index (κ2) is 4.79. The van der Waals surface area contributed by atoms with Crippen LogP contribution in [0, 0.1) is 0 Å². The van der Waals surface area contributed by atoms with E-state index in [1.54, 1.807) is 0 Å². The molecule has 0 spiro atoms. The summed E-state index contributed by atoms with van der Waals surface area (Å²) in [7, 11) is 0. The van der Waals surface area contributed by atoms with Crippen LogP contribution in [-0.4, -0.2) is 6.29 Å². The van der Waals surface area contributed by atoms with E-state index < -0.39 is 40.5 Å². The zero-order valence-corrected chi connectivity index (χ0v) is 9.25. The molecule has 0 heterocycles. The van der Waals surface area contributed by atoms with E-state index in [0.717, 1.165) is 0 Å². The van der Waals surface area contributed by atoms with Gasteiger partial charge >= 0.3 is 12.4 Å². The Hall–Kier alpha value is -1.24. The Kier molecular flexibility index (Phi) is 3.95. The first kappa shape index (κ1) is 14.8. The van der Waals surface area contributed by atoms with E-state index in [-0.39, 0.29) is 12.4 Å². The summed E-state index contributed by atoms with van der Waals surface area (Å²) in [5.74, 6) is -0.778. The largest absolute Gasteiger partial charge is 0.417 e. The third-order valence-electron chi connectivity index (χ3n) is 2.13. The smallest absolute Gasteiger partial charge is 0.298 e. The third kappa shape index (κ3) is 2.95. The van der Waals surface area contributed by atoms with E-state index in [0.29, 0.717) is 6.07 Å². The predicted octanol–water partition coefficient (Wildman–Crippen LogP) is 4.28. The van der Waals surface area contributed by atoms with E-state index in [4.69, 9.17) is 11.6 Å². The molecule has 18 heavy (non-hydrogen) atoms. The topological polar surface area (TPSA) is 17.1 Å². The zero-order chi connectivity index (χ0) is 14.1. The fourth-order valence-electron chi connectivity index (χ4n) is 1.43. The van der Waals surface area contributed by atoms with E-state index >= 15 is 0 Å². The molecule has 0 fully saturated rings.